The first-order valence-corrected chi connectivity index (χ1v) is 8.18. The van der Waals surface area contributed by atoms with Crippen LogP contribution in [0.3, 0.4) is 0 Å². The van der Waals surface area contributed by atoms with Crippen LogP contribution < -0.4 is 9.80 Å². The van der Waals surface area contributed by atoms with Crippen molar-refractivity contribution in [3.63, 3.8) is 0 Å². The van der Waals surface area contributed by atoms with E-state index in [0.717, 1.165) is 11.1 Å². The van der Waals surface area contributed by atoms with Crippen LogP contribution in [-0.2, 0) is 14.4 Å². The lowest BCUT2D eigenvalue weighted by Gasteiger charge is -2.26. The van der Waals surface area contributed by atoms with E-state index in [9.17, 15) is 14.4 Å². The van der Waals surface area contributed by atoms with Gasteiger partial charge in [-0.3, -0.25) is 19.3 Å². The van der Waals surface area contributed by atoms with Crippen LogP contribution in [0.5, 0.6) is 0 Å². The van der Waals surface area contributed by atoms with Crippen LogP contribution in [0.2, 0.25) is 0 Å². The average Bonchev–Trinajstić information content (AvgIpc) is 2.85. The summed E-state index contributed by atoms with van der Waals surface area (Å²) >= 11 is 0. The highest BCUT2D eigenvalue weighted by Crippen LogP contribution is 2.29. The molecular weight excluding hydrogens is 316 g/mol. The van der Waals surface area contributed by atoms with Gasteiger partial charge in [0.2, 0.25) is 11.8 Å². The van der Waals surface area contributed by atoms with Crippen LogP contribution in [0.15, 0.2) is 48.5 Å². The highest BCUT2D eigenvalue weighted by Gasteiger charge is 2.44. The van der Waals surface area contributed by atoms with Crippen LogP contribution in [-0.4, -0.2) is 23.8 Å². The number of rotatable bonds is 3. The molecule has 5 nitrogen and oxygen atoms in total. The maximum atomic E-state index is 12.9. The van der Waals surface area contributed by atoms with E-state index in [-0.39, 0.29) is 24.1 Å². The Labute approximate surface area is 146 Å². The number of nitrogens with zero attached hydrogens (tertiary/aromatic N) is 2. The van der Waals surface area contributed by atoms with E-state index in [1.54, 1.807) is 24.3 Å². The molecule has 5 heteroatoms. The van der Waals surface area contributed by atoms with Gasteiger partial charge in [0.15, 0.2) is 0 Å². The number of carbonyl (C=O) groups is 3. The van der Waals surface area contributed by atoms with Crippen molar-refractivity contribution in [3.05, 3.63) is 59.7 Å². The summed E-state index contributed by atoms with van der Waals surface area (Å²) in [6.45, 7) is 5.30. The maximum absolute atomic E-state index is 12.9. The van der Waals surface area contributed by atoms with Crippen LogP contribution in [0.4, 0.5) is 11.4 Å². The van der Waals surface area contributed by atoms with Crippen molar-refractivity contribution in [3.8, 4) is 0 Å². The lowest BCUT2D eigenvalue weighted by atomic mass is 10.1. The standard InChI is InChI=1S/C20H20N2O3/c1-13-4-8-16(9-5-13)21(15(3)23)18-12-19(24)22(20(18)25)17-10-6-14(2)7-11-17/h4-11,18H,12H2,1-3H3. The molecule has 0 aromatic heterocycles. The topological polar surface area (TPSA) is 57.7 Å². The molecule has 2 aromatic carbocycles. The first kappa shape index (κ1) is 16.9. The normalized spacial score (nSPS) is 17.1. The molecule has 128 valence electrons. The molecular formula is C20H20N2O3. The number of imide groups is 1. The summed E-state index contributed by atoms with van der Waals surface area (Å²) in [7, 11) is 0. The molecule has 0 spiro atoms. The Morgan fingerprint density at radius 2 is 1.48 bits per heavy atom. The third kappa shape index (κ3) is 3.18. The zero-order chi connectivity index (χ0) is 18.1. The Hall–Kier alpha value is -2.95. The average molecular weight is 336 g/mol. The summed E-state index contributed by atoms with van der Waals surface area (Å²) in [5.41, 5.74) is 3.26. The third-order valence-corrected chi connectivity index (χ3v) is 4.38. The molecule has 1 unspecified atom stereocenters. The summed E-state index contributed by atoms with van der Waals surface area (Å²) in [5.74, 6) is -0.928. The molecule has 0 aliphatic carbocycles. The first-order chi connectivity index (χ1) is 11.9. The van der Waals surface area contributed by atoms with Gasteiger partial charge in [-0.25, -0.2) is 4.90 Å². The quantitative estimate of drug-likeness (QED) is 0.810. The number of hydrogen-bond acceptors (Lipinski definition) is 3. The zero-order valence-electron chi connectivity index (χ0n) is 14.5. The molecule has 25 heavy (non-hydrogen) atoms. The second-order valence-electron chi connectivity index (χ2n) is 6.35. The number of benzene rings is 2. The molecule has 1 fully saturated rings. The number of carbonyl (C=O) groups excluding carboxylic acids is 3. The van der Waals surface area contributed by atoms with Gasteiger partial charge in [-0.05, 0) is 38.1 Å². The van der Waals surface area contributed by atoms with Gasteiger partial charge in [-0.1, -0.05) is 35.4 Å². The third-order valence-electron chi connectivity index (χ3n) is 4.38. The summed E-state index contributed by atoms with van der Waals surface area (Å²) in [4.78, 5) is 40.1. The molecule has 2 aromatic rings. The van der Waals surface area contributed by atoms with Crippen molar-refractivity contribution in [2.75, 3.05) is 9.80 Å². The molecule has 1 aliphatic rings. The number of amides is 3. The Balaban J connectivity index is 1.95. The second kappa shape index (κ2) is 6.51. The van der Waals surface area contributed by atoms with E-state index in [0.29, 0.717) is 11.4 Å². The fourth-order valence-electron chi connectivity index (χ4n) is 3.07. The van der Waals surface area contributed by atoms with Crippen LogP contribution in [0.1, 0.15) is 24.5 Å². The van der Waals surface area contributed by atoms with Gasteiger partial charge in [0.25, 0.3) is 5.91 Å². The van der Waals surface area contributed by atoms with Gasteiger partial charge in [0, 0.05) is 12.6 Å². The van der Waals surface area contributed by atoms with Crippen molar-refractivity contribution in [1.82, 2.24) is 0 Å². The highest BCUT2D eigenvalue weighted by molar-refractivity contribution is 6.24. The largest absolute Gasteiger partial charge is 0.300 e. The number of anilines is 2. The van der Waals surface area contributed by atoms with Gasteiger partial charge in [-0.2, -0.15) is 0 Å². The Morgan fingerprint density at radius 1 is 0.960 bits per heavy atom. The van der Waals surface area contributed by atoms with Crippen LogP contribution in [0, 0.1) is 13.8 Å². The Morgan fingerprint density at radius 3 is 2.00 bits per heavy atom. The van der Waals surface area contributed by atoms with Crippen molar-refractivity contribution < 1.29 is 14.4 Å². The Kier molecular flexibility index (Phi) is 4.40. The lowest BCUT2D eigenvalue weighted by molar-refractivity contribution is -0.123. The van der Waals surface area contributed by atoms with Gasteiger partial charge in [-0.15, -0.1) is 0 Å². The first-order valence-electron chi connectivity index (χ1n) is 8.18. The smallest absolute Gasteiger partial charge is 0.257 e. The van der Waals surface area contributed by atoms with E-state index in [2.05, 4.69) is 0 Å². The van der Waals surface area contributed by atoms with E-state index in [4.69, 9.17) is 0 Å². The van der Waals surface area contributed by atoms with Crippen LogP contribution in [0.25, 0.3) is 0 Å². The molecule has 0 N–H and O–H groups in total. The predicted octanol–water partition coefficient (Wildman–Crippen LogP) is 2.99. The van der Waals surface area contributed by atoms with Gasteiger partial charge < -0.3 is 0 Å². The molecule has 1 atom stereocenters. The van der Waals surface area contributed by atoms with E-state index in [1.807, 2.05) is 38.1 Å². The van der Waals surface area contributed by atoms with Gasteiger partial charge in [0.1, 0.15) is 6.04 Å². The molecule has 0 radical (unpaired) electrons. The molecule has 1 aliphatic heterocycles. The predicted molar refractivity (Wildman–Crippen MR) is 96.4 cm³/mol. The second-order valence-corrected chi connectivity index (χ2v) is 6.35. The summed E-state index contributed by atoms with van der Waals surface area (Å²) in [6, 6.07) is 13.7. The van der Waals surface area contributed by atoms with Gasteiger partial charge in [0.05, 0.1) is 12.1 Å². The minimum Gasteiger partial charge on any atom is -0.300 e. The molecule has 0 bridgehead atoms. The minimum absolute atomic E-state index is 0.0137. The molecule has 0 saturated carbocycles. The number of aryl methyl sites for hydroxylation is 2. The van der Waals surface area contributed by atoms with E-state index in [1.165, 1.54) is 16.7 Å². The SMILES string of the molecule is CC(=O)N(c1ccc(C)cc1)C1CC(=O)N(c2ccc(C)cc2)C1=O. The minimum atomic E-state index is -0.811. The monoisotopic (exact) mass is 336 g/mol. The van der Waals surface area contributed by atoms with Crippen LogP contribution >= 0.6 is 0 Å². The number of hydrogen-bond donors (Lipinski definition) is 0. The fourth-order valence-corrected chi connectivity index (χ4v) is 3.07. The van der Waals surface area contributed by atoms with Gasteiger partial charge >= 0.3 is 0 Å². The van der Waals surface area contributed by atoms with Crippen molar-refractivity contribution in [2.24, 2.45) is 0 Å². The summed E-state index contributed by atoms with van der Waals surface area (Å²) in [5, 5.41) is 0. The van der Waals surface area contributed by atoms with E-state index >= 15 is 0 Å². The molecule has 1 heterocycles. The lowest BCUT2D eigenvalue weighted by Crippen LogP contribution is -2.44. The van der Waals surface area contributed by atoms with E-state index < -0.39 is 6.04 Å². The van der Waals surface area contributed by atoms with Crippen molar-refractivity contribution in [1.29, 1.82) is 0 Å². The zero-order valence-corrected chi connectivity index (χ0v) is 14.5. The maximum Gasteiger partial charge on any atom is 0.257 e. The summed E-state index contributed by atoms with van der Waals surface area (Å²) < 4.78 is 0. The van der Waals surface area contributed by atoms with Crippen molar-refractivity contribution in [2.45, 2.75) is 33.2 Å². The summed E-state index contributed by atoms with van der Waals surface area (Å²) in [6.07, 6.45) is -0.0137. The highest BCUT2D eigenvalue weighted by atomic mass is 16.2. The molecule has 1 saturated heterocycles. The van der Waals surface area contributed by atoms with Crippen molar-refractivity contribution >= 4 is 29.1 Å². The molecule has 3 amide bonds. The fraction of sp³-hybridized carbons (Fsp3) is 0.250. The molecule has 3 rings (SSSR count). The Bertz CT molecular complexity index is 825.